The zero-order valence-corrected chi connectivity index (χ0v) is 17.6. The molecule has 6 heteroatoms. The van der Waals surface area contributed by atoms with Crippen molar-refractivity contribution in [3.05, 3.63) is 0 Å². The molecule has 2 atom stereocenters. The van der Waals surface area contributed by atoms with Crippen molar-refractivity contribution < 1.29 is 9.53 Å². The second kappa shape index (κ2) is 8.13. The number of piperidine rings is 1. The zero-order chi connectivity index (χ0) is 18.0. The van der Waals surface area contributed by atoms with E-state index in [4.69, 9.17) is 4.74 Å². The van der Waals surface area contributed by atoms with E-state index in [9.17, 15) is 4.79 Å². The molecule has 0 N–H and O–H groups in total. The third-order valence-electron chi connectivity index (χ3n) is 5.81. The van der Waals surface area contributed by atoms with Crippen LogP contribution in [0.15, 0.2) is 0 Å². The fourth-order valence-electron chi connectivity index (χ4n) is 4.12. The molecule has 0 spiro atoms. The number of hydrogen-bond donors (Lipinski definition) is 0. The van der Waals surface area contributed by atoms with Gasteiger partial charge in [-0.2, -0.15) is 0 Å². The quantitative estimate of drug-likeness (QED) is 0.663. The van der Waals surface area contributed by atoms with Gasteiger partial charge < -0.3 is 9.64 Å². The topological polar surface area (TPSA) is 36.0 Å². The zero-order valence-electron chi connectivity index (χ0n) is 16.0. The Labute approximate surface area is 161 Å². The number of carbonyl (C=O) groups is 1. The largest absolute Gasteiger partial charge is 0.444 e. The minimum atomic E-state index is -0.406. The van der Waals surface area contributed by atoms with Gasteiger partial charge >= 0.3 is 6.09 Å². The molecule has 25 heavy (non-hydrogen) atoms. The molecule has 2 saturated heterocycles. The number of nitrogens with zero attached hydrogens (tertiary/aromatic N) is 3. The Morgan fingerprint density at radius 2 is 1.64 bits per heavy atom. The lowest BCUT2D eigenvalue weighted by Gasteiger charge is -2.45. The molecular weight excluding hydrogens is 382 g/mol. The lowest BCUT2D eigenvalue weighted by atomic mass is 9.87. The maximum absolute atomic E-state index is 12.1. The van der Waals surface area contributed by atoms with Crippen LogP contribution in [0.3, 0.4) is 0 Å². The number of alkyl halides is 1. The van der Waals surface area contributed by atoms with Crippen molar-refractivity contribution in [1.29, 1.82) is 0 Å². The third kappa shape index (κ3) is 5.33. The molecule has 144 valence electrons. The first-order chi connectivity index (χ1) is 11.8. The van der Waals surface area contributed by atoms with E-state index >= 15 is 0 Å². The van der Waals surface area contributed by atoms with Gasteiger partial charge in [0.15, 0.2) is 0 Å². The molecule has 3 fully saturated rings. The second-order valence-electron chi connectivity index (χ2n) is 8.91. The summed E-state index contributed by atoms with van der Waals surface area (Å²) in [5.41, 5.74) is -0.406. The highest BCUT2D eigenvalue weighted by Gasteiger charge is 2.36. The Bertz CT molecular complexity index is 452. The molecule has 3 rings (SSSR count). The highest BCUT2D eigenvalue weighted by molar-refractivity contribution is 9.09. The number of halogens is 1. The number of likely N-dealkylation sites (tertiary alicyclic amines) is 1. The van der Waals surface area contributed by atoms with Crippen molar-refractivity contribution in [2.75, 3.05) is 45.8 Å². The predicted molar refractivity (Wildman–Crippen MR) is 104 cm³/mol. The van der Waals surface area contributed by atoms with Crippen LogP contribution < -0.4 is 0 Å². The molecule has 5 nitrogen and oxygen atoms in total. The Balaban J connectivity index is 1.35. The van der Waals surface area contributed by atoms with Crippen molar-refractivity contribution in [3.8, 4) is 0 Å². The van der Waals surface area contributed by atoms with Crippen molar-refractivity contribution in [1.82, 2.24) is 14.7 Å². The fraction of sp³-hybridized carbons (Fsp3) is 0.947. The van der Waals surface area contributed by atoms with Crippen molar-refractivity contribution in [3.63, 3.8) is 0 Å². The summed E-state index contributed by atoms with van der Waals surface area (Å²) in [6.45, 7) is 13.0. The monoisotopic (exact) mass is 415 g/mol. The molecule has 0 aromatic carbocycles. The SMILES string of the molecule is CC(C)(C)OC(=O)N1CCN(CC2CCN(C3CC[C@H]3Br)CC2)CC1. The van der Waals surface area contributed by atoms with Crippen molar-refractivity contribution in [2.24, 2.45) is 5.92 Å². The summed E-state index contributed by atoms with van der Waals surface area (Å²) < 4.78 is 5.48. The van der Waals surface area contributed by atoms with Crippen LogP contribution in [0.5, 0.6) is 0 Å². The molecule has 1 aliphatic carbocycles. The van der Waals surface area contributed by atoms with Crippen molar-refractivity contribution in [2.45, 2.75) is 62.9 Å². The van der Waals surface area contributed by atoms with Gasteiger partial charge in [0.05, 0.1) is 0 Å². The highest BCUT2D eigenvalue weighted by Crippen LogP contribution is 2.34. The van der Waals surface area contributed by atoms with E-state index in [1.807, 2.05) is 25.7 Å². The number of amides is 1. The van der Waals surface area contributed by atoms with E-state index in [1.54, 1.807) is 0 Å². The van der Waals surface area contributed by atoms with Crippen LogP contribution >= 0.6 is 15.9 Å². The summed E-state index contributed by atoms with van der Waals surface area (Å²) in [6.07, 6.45) is 5.19. The van der Waals surface area contributed by atoms with E-state index in [-0.39, 0.29) is 6.09 Å². The normalized spacial score (nSPS) is 30.2. The van der Waals surface area contributed by atoms with Gasteiger partial charge in [-0.15, -0.1) is 0 Å². The smallest absolute Gasteiger partial charge is 0.410 e. The molecule has 0 bridgehead atoms. The van der Waals surface area contributed by atoms with Gasteiger partial charge in [0.2, 0.25) is 0 Å². The second-order valence-corrected chi connectivity index (χ2v) is 10.1. The first kappa shape index (κ1) is 19.4. The lowest BCUT2D eigenvalue weighted by molar-refractivity contribution is 0.0114. The Kier molecular flexibility index (Phi) is 6.32. The predicted octanol–water partition coefficient (Wildman–Crippen LogP) is 3.18. The minimum Gasteiger partial charge on any atom is -0.444 e. The standard InChI is InChI=1S/C19H34BrN3O2/c1-19(2,3)25-18(24)23-12-10-21(11-13-23)14-15-6-8-22(9-7-15)17-5-4-16(17)20/h15-17H,4-14H2,1-3H3/t16-,17?/m1/s1. The van der Waals surface area contributed by atoms with Crippen molar-refractivity contribution >= 4 is 22.0 Å². The van der Waals surface area contributed by atoms with E-state index in [0.717, 1.165) is 43.0 Å². The van der Waals surface area contributed by atoms with Crippen LogP contribution in [0.2, 0.25) is 0 Å². The van der Waals surface area contributed by atoms with Gasteiger partial charge in [0.25, 0.3) is 0 Å². The average molecular weight is 416 g/mol. The molecule has 2 aliphatic heterocycles. The first-order valence-electron chi connectivity index (χ1n) is 9.90. The van der Waals surface area contributed by atoms with Gasteiger partial charge in [-0.3, -0.25) is 9.80 Å². The maximum atomic E-state index is 12.1. The van der Waals surface area contributed by atoms with Crippen LogP contribution in [-0.4, -0.2) is 83.1 Å². The van der Waals surface area contributed by atoms with E-state index in [0.29, 0.717) is 0 Å². The van der Waals surface area contributed by atoms with E-state index in [2.05, 4.69) is 25.7 Å². The first-order valence-corrected chi connectivity index (χ1v) is 10.8. The van der Waals surface area contributed by atoms with Crippen LogP contribution in [0.4, 0.5) is 4.79 Å². The fourth-order valence-corrected chi connectivity index (χ4v) is 4.99. The number of rotatable bonds is 3. The maximum Gasteiger partial charge on any atom is 0.410 e. The van der Waals surface area contributed by atoms with Crippen LogP contribution in [0.1, 0.15) is 46.5 Å². The summed E-state index contributed by atoms with van der Waals surface area (Å²) in [7, 11) is 0. The summed E-state index contributed by atoms with van der Waals surface area (Å²) in [5.74, 6) is 0.818. The number of ether oxygens (including phenoxy) is 1. The van der Waals surface area contributed by atoms with E-state index in [1.165, 1.54) is 45.3 Å². The molecule has 0 radical (unpaired) electrons. The van der Waals surface area contributed by atoms with Gasteiger partial charge in [0.1, 0.15) is 5.60 Å². The lowest BCUT2D eigenvalue weighted by Crippen LogP contribution is -2.53. The Hall–Kier alpha value is -0.330. The number of hydrogen-bond acceptors (Lipinski definition) is 4. The molecule has 3 aliphatic rings. The Morgan fingerprint density at radius 1 is 1.00 bits per heavy atom. The van der Waals surface area contributed by atoms with Gasteiger partial charge in [-0.25, -0.2) is 4.79 Å². The molecule has 0 aromatic rings. The van der Waals surface area contributed by atoms with Gasteiger partial charge in [-0.1, -0.05) is 15.9 Å². The number of carbonyl (C=O) groups excluding carboxylic acids is 1. The summed E-state index contributed by atoms with van der Waals surface area (Å²) in [4.78, 5) is 20.0. The Morgan fingerprint density at radius 3 is 2.12 bits per heavy atom. The third-order valence-corrected chi connectivity index (χ3v) is 6.88. The molecule has 1 saturated carbocycles. The van der Waals surface area contributed by atoms with Gasteiger partial charge in [0, 0.05) is 43.6 Å². The minimum absolute atomic E-state index is 0.162. The molecule has 2 heterocycles. The molecule has 0 aromatic heterocycles. The van der Waals surface area contributed by atoms with Crippen LogP contribution in [0.25, 0.3) is 0 Å². The van der Waals surface area contributed by atoms with Gasteiger partial charge in [-0.05, 0) is 65.5 Å². The average Bonchev–Trinajstić information content (AvgIpc) is 2.54. The molecule has 1 unspecified atom stereocenters. The van der Waals surface area contributed by atoms with Crippen LogP contribution in [0, 0.1) is 5.92 Å². The summed E-state index contributed by atoms with van der Waals surface area (Å²) in [6, 6.07) is 0.790. The molecular formula is C19H34BrN3O2. The summed E-state index contributed by atoms with van der Waals surface area (Å²) >= 11 is 3.80. The van der Waals surface area contributed by atoms with Crippen LogP contribution in [-0.2, 0) is 4.74 Å². The molecule has 1 amide bonds. The highest BCUT2D eigenvalue weighted by atomic mass is 79.9. The van der Waals surface area contributed by atoms with E-state index < -0.39 is 5.60 Å². The number of piperazine rings is 1. The summed E-state index contributed by atoms with van der Waals surface area (Å²) in [5, 5.41) is 0.